The molecule has 0 bridgehead atoms. The average molecular weight is 397 g/mol. The molecule has 1 amide bonds. The quantitative estimate of drug-likeness (QED) is 0.746. The smallest absolute Gasteiger partial charge is 0.253 e. The number of likely N-dealkylation sites (tertiary alicyclic amines) is 1. The van der Waals surface area contributed by atoms with E-state index in [2.05, 4.69) is 36.4 Å². The number of hydrogen-bond acceptors (Lipinski definition) is 3. The fourth-order valence-electron chi connectivity index (χ4n) is 5.09. The third-order valence-electron chi connectivity index (χ3n) is 6.85. The normalized spacial score (nSPS) is 19.5. The van der Waals surface area contributed by atoms with E-state index in [4.69, 9.17) is 4.98 Å². The van der Waals surface area contributed by atoms with Crippen LogP contribution in [0.1, 0.15) is 74.5 Å². The van der Waals surface area contributed by atoms with E-state index in [0.717, 1.165) is 43.6 Å². The number of nitrogens with zero attached hydrogens (tertiary/aromatic N) is 4. The first kappa shape index (κ1) is 20.4. The molecule has 2 heterocycles. The lowest BCUT2D eigenvalue weighted by molar-refractivity contribution is 0.0659. The molecular formula is C24H36N4O. The molecule has 5 nitrogen and oxygen atoms in total. The second-order valence-corrected chi connectivity index (χ2v) is 9.61. The topological polar surface area (TPSA) is 41.4 Å². The van der Waals surface area contributed by atoms with Gasteiger partial charge in [-0.3, -0.25) is 4.79 Å². The molecule has 1 saturated heterocycles. The monoisotopic (exact) mass is 396 g/mol. The molecule has 1 aromatic carbocycles. The molecule has 0 spiro atoms. The SMILES string of the molecule is CC(C)Cn1c(C2CCCC2)nc2cc(C(=O)N(C)C3CCN(C)CC3)ccc21. The molecule has 2 aromatic rings. The van der Waals surface area contributed by atoms with Crippen LogP contribution in [0.15, 0.2) is 18.2 Å². The number of rotatable bonds is 5. The molecule has 5 heteroatoms. The van der Waals surface area contributed by atoms with E-state index in [1.54, 1.807) is 0 Å². The van der Waals surface area contributed by atoms with Gasteiger partial charge < -0.3 is 14.4 Å². The highest BCUT2D eigenvalue weighted by molar-refractivity contribution is 5.97. The predicted octanol–water partition coefficient (Wildman–Crippen LogP) is 4.52. The van der Waals surface area contributed by atoms with Crippen LogP contribution in [0.5, 0.6) is 0 Å². The van der Waals surface area contributed by atoms with Crippen molar-refractivity contribution in [3.63, 3.8) is 0 Å². The fraction of sp³-hybridized carbons (Fsp3) is 0.667. The highest BCUT2D eigenvalue weighted by Crippen LogP contribution is 2.35. The van der Waals surface area contributed by atoms with Crippen molar-refractivity contribution in [2.24, 2.45) is 5.92 Å². The Morgan fingerprint density at radius 1 is 1.17 bits per heavy atom. The van der Waals surface area contributed by atoms with Gasteiger partial charge in [0.25, 0.3) is 5.91 Å². The van der Waals surface area contributed by atoms with Gasteiger partial charge in [0, 0.05) is 31.1 Å². The molecule has 0 radical (unpaired) electrons. The van der Waals surface area contributed by atoms with Crippen molar-refractivity contribution in [1.29, 1.82) is 0 Å². The van der Waals surface area contributed by atoms with E-state index in [-0.39, 0.29) is 5.91 Å². The van der Waals surface area contributed by atoms with Crippen molar-refractivity contribution in [1.82, 2.24) is 19.4 Å². The number of aromatic nitrogens is 2. The van der Waals surface area contributed by atoms with Crippen LogP contribution in [0, 0.1) is 5.92 Å². The van der Waals surface area contributed by atoms with Crippen LogP contribution in [-0.4, -0.2) is 58.5 Å². The van der Waals surface area contributed by atoms with Crippen LogP contribution in [0.4, 0.5) is 0 Å². The highest BCUT2D eigenvalue weighted by Gasteiger charge is 2.27. The lowest BCUT2D eigenvalue weighted by Crippen LogP contribution is -2.44. The van der Waals surface area contributed by atoms with Crippen molar-refractivity contribution < 1.29 is 4.79 Å². The van der Waals surface area contributed by atoms with E-state index < -0.39 is 0 Å². The largest absolute Gasteiger partial charge is 0.339 e. The van der Waals surface area contributed by atoms with Gasteiger partial charge in [-0.2, -0.15) is 0 Å². The minimum atomic E-state index is 0.127. The minimum Gasteiger partial charge on any atom is -0.339 e. The zero-order valence-corrected chi connectivity index (χ0v) is 18.5. The Labute approximate surface area is 175 Å². The van der Waals surface area contributed by atoms with Crippen LogP contribution in [0.25, 0.3) is 11.0 Å². The molecule has 1 saturated carbocycles. The Morgan fingerprint density at radius 2 is 1.86 bits per heavy atom. The summed E-state index contributed by atoms with van der Waals surface area (Å²) in [5.41, 5.74) is 2.93. The maximum absolute atomic E-state index is 13.2. The second-order valence-electron chi connectivity index (χ2n) is 9.61. The third-order valence-corrected chi connectivity index (χ3v) is 6.85. The molecule has 2 aliphatic rings. The number of fused-ring (bicyclic) bond motifs is 1. The lowest BCUT2D eigenvalue weighted by Gasteiger charge is -2.35. The summed E-state index contributed by atoms with van der Waals surface area (Å²) in [4.78, 5) is 22.5. The number of benzene rings is 1. The lowest BCUT2D eigenvalue weighted by atomic mass is 10.0. The van der Waals surface area contributed by atoms with E-state index in [0.29, 0.717) is 17.9 Å². The molecule has 4 rings (SSSR count). The first-order valence-corrected chi connectivity index (χ1v) is 11.4. The van der Waals surface area contributed by atoms with Crippen molar-refractivity contribution in [2.75, 3.05) is 27.2 Å². The summed E-state index contributed by atoms with van der Waals surface area (Å²) in [5, 5.41) is 0. The van der Waals surface area contributed by atoms with Crippen LogP contribution in [0.2, 0.25) is 0 Å². The summed E-state index contributed by atoms with van der Waals surface area (Å²) < 4.78 is 2.42. The Balaban J connectivity index is 1.62. The number of carbonyl (C=O) groups is 1. The van der Waals surface area contributed by atoms with Gasteiger partial charge in [-0.05, 0) is 69.9 Å². The molecule has 1 aliphatic carbocycles. The summed E-state index contributed by atoms with van der Waals surface area (Å²) in [6.07, 6.45) is 7.20. The Bertz CT molecular complexity index is 857. The summed E-state index contributed by atoms with van der Waals surface area (Å²) in [6.45, 7) is 7.64. The molecule has 1 aromatic heterocycles. The number of carbonyl (C=O) groups excluding carboxylic acids is 1. The fourth-order valence-corrected chi connectivity index (χ4v) is 5.09. The van der Waals surface area contributed by atoms with Gasteiger partial charge in [0.05, 0.1) is 11.0 Å². The molecule has 158 valence electrons. The molecule has 1 aliphatic heterocycles. The summed E-state index contributed by atoms with van der Waals surface area (Å²) in [7, 11) is 4.12. The molecular weight excluding hydrogens is 360 g/mol. The Hall–Kier alpha value is -1.88. The van der Waals surface area contributed by atoms with E-state index >= 15 is 0 Å². The van der Waals surface area contributed by atoms with Crippen LogP contribution >= 0.6 is 0 Å². The van der Waals surface area contributed by atoms with Crippen molar-refractivity contribution >= 4 is 16.9 Å². The molecule has 2 fully saturated rings. The van der Waals surface area contributed by atoms with Crippen LogP contribution < -0.4 is 0 Å². The Kier molecular flexibility index (Phi) is 5.95. The minimum absolute atomic E-state index is 0.127. The third kappa shape index (κ3) is 4.20. The van der Waals surface area contributed by atoms with Gasteiger partial charge in [0.15, 0.2) is 0 Å². The zero-order valence-electron chi connectivity index (χ0n) is 18.5. The standard InChI is InChI=1S/C24H36N4O/c1-17(2)16-28-22-10-9-19(15-21(22)25-23(28)18-7-5-6-8-18)24(29)27(4)20-11-13-26(3)14-12-20/h9-10,15,17-18,20H,5-8,11-14,16H2,1-4H3. The van der Waals surface area contributed by atoms with Crippen LogP contribution in [-0.2, 0) is 6.54 Å². The van der Waals surface area contributed by atoms with Gasteiger partial charge in [-0.15, -0.1) is 0 Å². The van der Waals surface area contributed by atoms with Crippen molar-refractivity contribution in [3.05, 3.63) is 29.6 Å². The molecule has 0 atom stereocenters. The second kappa shape index (κ2) is 8.47. The first-order valence-electron chi connectivity index (χ1n) is 11.4. The summed E-state index contributed by atoms with van der Waals surface area (Å²) >= 11 is 0. The summed E-state index contributed by atoms with van der Waals surface area (Å²) in [5.74, 6) is 2.51. The Morgan fingerprint density at radius 3 is 2.52 bits per heavy atom. The van der Waals surface area contributed by atoms with Gasteiger partial charge in [0.2, 0.25) is 0 Å². The van der Waals surface area contributed by atoms with Crippen molar-refractivity contribution in [3.8, 4) is 0 Å². The van der Waals surface area contributed by atoms with Gasteiger partial charge in [-0.1, -0.05) is 26.7 Å². The van der Waals surface area contributed by atoms with Crippen molar-refractivity contribution in [2.45, 2.75) is 70.9 Å². The predicted molar refractivity (Wildman–Crippen MR) is 118 cm³/mol. The van der Waals surface area contributed by atoms with E-state index in [9.17, 15) is 4.79 Å². The summed E-state index contributed by atoms with van der Waals surface area (Å²) in [6, 6.07) is 6.49. The first-order chi connectivity index (χ1) is 13.9. The highest BCUT2D eigenvalue weighted by atomic mass is 16.2. The number of hydrogen-bond donors (Lipinski definition) is 0. The number of amides is 1. The average Bonchev–Trinajstić information content (AvgIpc) is 3.35. The van der Waals surface area contributed by atoms with E-state index in [1.165, 1.54) is 37.0 Å². The zero-order chi connectivity index (χ0) is 20.5. The molecule has 29 heavy (non-hydrogen) atoms. The van der Waals surface area contributed by atoms with Gasteiger partial charge >= 0.3 is 0 Å². The maximum Gasteiger partial charge on any atom is 0.253 e. The van der Waals surface area contributed by atoms with Gasteiger partial charge in [-0.25, -0.2) is 4.98 Å². The molecule has 0 unspecified atom stereocenters. The number of piperidine rings is 1. The number of imidazole rings is 1. The van der Waals surface area contributed by atoms with Crippen LogP contribution in [0.3, 0.4) is 0 Å². The maximum atomic E-state index is 13.2. The molecule has 0 N–H and O–H groups in total. The van der Waals surface area contributed by atoms with Gasteiger partial charge in [0.1, 0.15) is 5.82 Å². The van der Waals surface area contributed by atoms with E-state index in [1.807, 2.05) is 24.1 Å².